The number of aliphatic carboxylic acids is 1. The standard InChI is InChI=1S/C10H20N2O3/c1-6-11-9(2,3)7(13)12-10(4,5)8(14)15/h11H,6H2,1-5H3,(H,12,13)(H,14,15). The van der Waals surface area contributed by atoms with Crippen molar-refractivity contribution in [3.05, 3.63) is 0 Å². The van der Waals surface area contributed by atoms with Gasteiger partial charge in [-0.1, -0.05) is 6.92 Å². The summed E-state index contributed by atoms with van der Waals surface area (Å²) in [5.74, 6) is -1.38. The average Bonchev–Trinajstić information content (AvgIpc) is 2.02. The lowest BCUT2D eigenvalue weighted by molar-refractivity contribution is -0.147. The van der Waals surface area contributed by atoms with Crippen molar-refractivity contribution in [2.45, 2.75) is 45.7 Å². The third-order valence-corrected chi connectivity index (χ3v) is 2.15. The van der Waals surface area contributed by atoms with Crippen LogP contribution >= 0.6 is 0 Å². The number of nitrogens with one attached hydrogen (secondary N) is 2. The Kier molecular flexibility index (Phi) is 4.27. The number of carbonyl (C=O) groups excluding carboxylic acids is 1. The molecule has 0 aliphatic heterocycles. The Balaban J connectivity index is 4.56. The van der Waals surface area contributed by atoms with Crippen LogP contribution in [0.1, 0.15) is 34.6 Å². The van der Waals surface area contributed by atoms with Crippen LogP contribution in [0.25, 0.3) is 0 Å². The maximum atomic E-state index is 11.7. The van der Waals surface area contributed by atoms with Crippen molar-refractivity contribution in [2.24, 2.45) is 0 Å². The Morgan fingerprint density at radius 3 is 1.93 bits per heavy atom. The highest BCUT2D eigenvalue weighted by atomic mass is 16.4. The molecule has 1 amide bonds. The molecule has 0 fully saturated rings. The second-order valence-corrected chi connectivity index (χ2v) is 4.54. The number of carbonyl (C=O) groups is 2. The Labute approximate surface area is 90.2 Å². The molecule has 0 aliphatic carbocycles. The van der Waals surface area contributed by atoms with E-state index < -0.39 is 17.0 Å². The third-order valence-electron chi connectivity index (χ3n) is 2.15. The van der Waals surface area contributed by atoms with Crippen molar-refractivity contribution in [3.8, 4) is 0 Å². The van der Waals surface area contributed by atoms with Crippen LogP contribution < -0.4 is 10.6 Å². The van der Waals surface area contributed by atoms with Gasteiger partial charge in [-0.2, -0.15) is 0 Å². The summed E-state index contributed by atoms with van der Waals surface area (Å²) in [4.78, 5) is 22.5. The predicted octanol–water partition coefficient (Wildman–Crippen LogP) is 0.354. The molecule has 15 heavy (non-hydrogen) atoms. The van der Waals surface area contributed by atoms with Gasteiger partial charge >= 0.3 is 5.97 Å². The lowest BCUT2D eigenvalue weighted by Crippen LogP contribution is -2.60. The molecule has 88 valence electrons. The zero-order chi connectivity index (χ0) is 12.3. The minimum absolute atomic E-state index is 0.322. The highest BCUT2D eigenvalue weighted by Gasteiger charge is 2.35. The molecule has 0 spiro atoms. The first-order valence-electron chi connectivity index (χ1n) is 4.94. The summed E-state index contributed by atoms with van der Waals surface area (Å²) < 4.78 is 0. The van der Waals surface area contributed by atoms with E-state index in [0.29, 0.717) is 6.54 Å². The van der Waals surface area contributed by atoms with Crippen LogP contribution in [-0.4, -0.2) is 34.6 Å². The van der Waals surface area contributed by atoms with E-state index in [1.165, 1.54) is 13.8 Å². The van der Waals surface area contributed by atoms with Gasteiger partial charge in [-0.25, -0.2) is 4.79 Å². The van der Waals surface area contributed by atoms with Gasteiger partial charge in [0.15, 0.2) is 0 Å². The number of rotatable bonds is 5. The van der Waals surface area contributed by atoms with Gasteiger partial charge in [-0.05, 0) is 34.2 Å². The van der Waals surface area contributed by atoms with Crippen LogP contribution in [0.15, 0.2) is 0 Å². The van der Waals surface area contributed by atoms with Gasteiger partial charge < -0.3 is 15.7 Å². The van der Waals surface area contributed by atoms with Crippen LogP contribution in [0.2, 0.25) is 0 Å². The molecule has 0 heterocycles. The van der Waals surface area contributed by atoms with Crippen molar-refractivity contribution in [1.82, 2.24) is 10.6 Å². The molecule has 0 aromatic carbocycles. The topological polar surface area (TPSA) is 78.4 Å². The minimum Gasteiger partial charge on any atom is -0.480 e. The summed E-state index contributed by atoms with van der Waals surface area (Å²) in [5, 5.41) is 14.3. The van der Waals surface area contributed by atoms with E-state index in [1.54, 1.807) is 13.8 Å². The number of likely N-dealkylation sites (N-methyl/N-ethyl adjacent to an activating group) is 1. The Morgan fingerprint density at radius 2 is 1.60 bits per heavy atom. The number of hydrogen-bond acceptors (Lipinski definition) is 3. The molecule has 0 radical (unpaired) electrons. The van der Waals surface area contributed by atoms with Crippen molar-refractivity contribution in [1.29, 1.82) is 0 Å². The molecule has 0 saturated heterocycles. The fourth-order valence-corrected chi connectivity index (χ4v) is 1.02. The summed E-state index contributed by atoms with van der Waals surface area (Å²) in [5.41, 5.74) is -2.01. The maximum Gasteiger partial charge on any atom is 0.328 e. The Morgan fingerprint density at radius 1 is 1.13 bits per heavy atom. The summed E-state index contributed by atoms with van der Waals surface area (Å²) in [6, 6.07) is 0. The lowest BCUT2D eigenvalue weighted by Gasteiger charge is -2.29. The van der Waals surface area contributed by atoms with Gasteiger partial charge in [0.25, 0.3) is 0 Å². The predicted molar refractivity (Wildman–Crippen MR) is 57.6 cm³/mol. The molecule has 0 rings (SSSR count). The summed E-state index contributed by atoms with van der Waals surface area (Å²) in [6.45, 7) is 8.86. The van der Waals surface area contributed by atoms with Gasteiger partial charge in [-0.15, -0.1) is 0 Å². The van der Waals surface area contributed by atoms with Crippen molar-refractivity contribution < 1.29 is 14.7 Å². The fourth-order valence-electron chi connectivity index (χ4n) is 1.02. The van der Waals surface area contributed by atoms with E-state index in [2.05, 4.69) is 10.6 Å². The van der Waals surface area contributed by atoms with Crippen LogP contribution in [0.5, 0.6) is 0 Å². The first-order chi connectivity index (χ1) is 6.63. The van der Waals surface area contributed by atoms with Crippen molar-refractivity contribution in [3.63, 3.8) is 0 Å². The molecule has 0 bridgehead atoms. The van der Waals surface area contributed by atoms with E-state index in [4.69, 9.17) is 5.11 Å². The van der Waals surface area contributed by atoms with E-state index in [-0.39, 0.29) is 5.91 Å². The first-order valence-corrected chi connectivity index (χ1v) is 4.94. The molecule has 0 aromatic heterocycles. The summed E-state index contributed by atoms with van der Waals surface area (Å²) >= 11 is 0. The Bertz CT molecular complexity index is 259. The maximum absolute atomic E-state index is 11.7. The van der Waals surface area contributed by atoms with E-state index in [9.17, 15) is 9.59 Å². The molecule has 0 aromatic rings. The van der Waals surface area contributed by atoms with Crippen molar-refractivity contribution >= 4 is 11.9 Å². The quantitative estimate of drug-likeness (QED) is 0.620. The molecule has 0 atom stereocenters. The number of hydrogen-bond donors (Lipinski definition) is 3. The smallest absolute Gasteiger partial charge is 0.328 e. The largest absolute Gasteiger partial charge is 0.480 e. The average molecular weight is 216 g/mol. The molecular weight excluding hydrogens is 196 g/mol. The lowest BCUT2D eigenvalue weighted by atomic mass is 10.00. The summed E-state index contributed by atoms with van der Waals surface area (Å²) in [6.07, 6.45) is 0. The number of amides is 1. The van der Waals surface area contributed by atoms with Gasteiger partial charge in [0.05, 0.1) is 5.54 Å². The molecule has 0 saturated carbocycles. The highest BCUT2D eigenvalue weighted by molar-refractivity contribution is 5.91. The van der Waals surface area contributed by atoms with Gasteiger partial charge in [-0.3, -0.25) is 4.79 Å². The number of carboxylic acids is 1. The Hall–Kier alpha value is -1.10. The van der Waals surface area contributed by atoms with Crippen LogP contribution in [0, 0.1) is 0 Å². The highest BCUT2D eigenvalue weighted by Crippen LogP contribution is 2.07. The monoisotopic (exact) mass is 216 g/mol. The molecular formula is C10H20N2O3. The second kappa shape index (κ2) is 4.61. The normalized spacial score (nSPS) is 12.3. The molecule has 3 N–H and O–H groups in total. The molecule has 5 nitrogen and oxygen atoms in total. The third kappa shape index (κ3) is 3.87. The van der Waals surface area contributed by atoms with E-state index in [1.807, 2.05) is 6.92 Å². The zero-order valence-electron chi connectivity index (χ0n) is 9.97. The van der Waals surface area contributed by atoms with Crippen LogP contribution in [-0.2, 0) is 9.59 Å². The second-order valence-electron chi connectivity index (χ2n) is 4.54. The zero-order valence-corrected chi connectivity index (χ0v) is 9.97. The molecule has 5 heteroatoms. The molecule has 0 aliphatic rings. The van der Waals surface area contributed by atoms with Gasteiger partial charge in [0.1, 0.15) is 5.54 Å². The van der Waals surface area contributed by atoms with Gasteiger partial charge in [0, 0.05) is 0 Å². The van der Waals surface area contributed by atoms with Crippen LogP contribution in [0.4, 0.5) is 0 Å². The van der Waals surface area contributed by atoms with E-state index >= 15 is 0 Å². The SMILES string of the molecule is CCNC(C)(C)C(=O)NC(C)(C)C(=O)O. The molecule has 0 unspecified atom stereocenters. The summed E-state index contributed by atoms with van der Waals surface area (Å²) in [7, 11) is 0. The van der Waals surface area contributed by atoms with Gasteiger partial charge in [0.2, 0.25) is 5.91 Å². The van der Waals surface area contributed by atoms with Crippen molar-refractivity contribution in [2.75, 3.05) is 6.54 Å². The fraction of sp³-hybridized carbons (Fsp3) is 0.800. The minimum atomic E-state index is -1.25. The van der Waals surface area contributed by atoms with E-state index in [0.717, 1.165) is 0 Å². The number of carboxylic acid groups (broad SMARTS) is 1. The van der Waals surface area contributed by atoms with Crippen LogP contribution in [0.3, 0.4) is 0 Å². The first kappa shape index (κ1) is 13.9.